The normalized spacial score (nSPS) is 24.2. The van der Waals surface area contributed by atoms with Crippen LogP contribution in [0.1, 0.15) is 6.92 Å². The van der Waals surface area contributed by atoms with E-state index in [1.807, 2.05) is 0 Å². The molecule has 0 aromatic heterocycles. The lowest BCUT2D eigenvalue weighted by Gasteiger charge is -2.37. The van der Waals surface area contributed by atoms with Crippen molar-refractivity contribution in [3.05, 3.63) is 12.3 Å². The fourth-order valence-electron chi connectivity index (χ4n) is 1.13. The molecule has 0 amide bonds. The summed E-state index contributed by atoms with van der Waals surface area (Å²) in [6, 6.07) is 0. The zero-order valence-corrected chi connectivity index (χ0v) is 6.89. The molecule has 0 atom stereocenters. The van der Waals surface area contributed by atoms with Crippen molar-refractivity contribution in [3.63, 3.8) is 0 Å². The van der Waals surface area contributed by atoms with Gasteiger partial charge in [-0.2, -0.15) is 0 Å². The molecule has 0 aromatic rings. The molecule has 1 heterocycles. The molecule has 1 fully saturated rings. The number of likely N-dealkylation sites (N-methyl/N-ethyl adjacent to an activating group) is 1. The maximum atomic E-state index is 5.26. The number of hydrogen-bond donors (Lipinski definition) is 0. The van der Waals surface area contributed by atoms with Gasteiger partial charge in [-0.1, -0.05) is 0 Å². The zero-order valence-electron chi connectivity index (χ0n) is 6.89. The number of hydrogen-bond acceptors (Lipinski definition) is 1. The summed E-state index contributed by atoms with van der Waals surface area (Å²) in [5, 5.41) is 0. The Morgan fingerprint density at radius 2 is 1.90 bits per heavy atom. The van der Waals surface area contributed by atoms with Crippen LogP contribution in [0, 0.1) is 0 Å². The topological polar surface area (TPSA) is 9.23 Å². The van der Waals surface area contributed by atoms with Crippen LogP contribution in [0.5, 0.6) is 0 Å². The van der Waals surface area contributed by atoms with Crippen LogP contribution in [0.2, 0.25) is 0 Å². The van der Waals surface area contributed by atoms with E-state index in [1.165, 1.54) is 5.70 Å². The summed E-state index contributed by atoms with van der Waals surface area (Å²) < 4.78 is 6.24. The van der Waals surface area contributed by atoms with E-state index in [2.05, 4.69) is 20.6 Å². The van der Waals surface area contributed by atoms with E-state index in [-0.39, 0.29) is 0 Å². The Bertz CT molecular complexity index is 136. The van der Waals surface area contributed by atoms with Gasteiger partial charge in [0.1, 0.15) is 13.1 Å². The first kappa shape index (κ1) is 7.76. The Morgan fingerprint density at radius 3 is 2.20 bits per heavy atom. The quantitative estimate of drug-likeness (QED) is 0.496. The number of allylic oxidation sites excluding steroid dienone is 1. The molecule has 1 aliphatic heterocycles. The minimum absolute atomic E-state index is 0.878. The van der Waals surface area contributed by atoms with E-state index in [4.69, 9.17) is 4.74 Å². The van der Waals surface area contributed by atoms with Crippen molar-refractivity contribution in [1.82, 2.24) is 0 Å². The number of quaternary nitrogens is 1. The fraction of sp³-hybridized carbons (Fsp3) is 0.750. The molecule has 0 aliphatic carbocycles. The highest BCUT2D eigenvalue weighted by Crippen LogP contribution is 2.14. The van der Waals surface area contributed by atoms with Crippen LogP contribution in [0.3, 0.4) is 0 Å². The maximum Gasteiger partial charge on any atom is 0.107 e. The third-order valence-corrected chi connectivity index (χ3v) is 2.38. The van der Waals surface area contributed by atoms with Gasteiger partial charge in [0, 0.05) is 6.92 Å². The Kier molecular flexibility index (Phi) is 2.11. The summed E-state index contributed by atoms with van der Waals surface area (Å²) in [6.45, 7) is 9.97. The molecule has 1 saturated heterocycles. The summed E-state index contributed by atoms with van der Waals surface area (Å²) in [4.78, 5) is 0. The molecule has 2 heteroatoms. The number of rotatable bonds is 1. The fourth-order valence-corrected chi connectivity index (χ4v) is 1.13. The number of ether oxygens (including phenoxy) is 1. The lowest BCUT2D eigenvalue weighted by atomic mass is 10.3. The second-order valence-electron chi connectivity index (χ2n) is 3.19. The van der Waals surface area contributed by atoms with Crippen LogP contribution in [0.15, 0.2) is 12.3 Å². The van der Waals surface area contributed by atoms with Crippen LogP contribution in [-0.4, -0.2) is 37.8 Å². The van der Waals surface area contributed by atoms with Crippen LogP contribution >= 0.6 is 0 Å². The molecule has 0 spiro atoms. The van der Waals surface area contributed by atoms with Gasteiger partial charge < -0.3 is 4.74 Å². The van der Waals surface area contributed by atoms with E-state index in [0.29, 0.717) is 0 Å². The Balaban J connectivity index is 2.56. The largest absolute Gasteiger partial charge is 0.370 e. The van der Waals surface area contributed by atoms with Crippen molar-refractivity contribution in [2.75, 3.05) is 33.4 Å². The first-order valence-electron chi connectivity index (χ1n) is 3.73. The van der Waals surface area contributed by atoms with Crippen molar-refractivity contribution in [3.8, 4) is 0 Å². The molecule has 0 radical (unpaired) electrons. The van der Waals surface area contributed by atoms with Gasteiger partial charge >= 0.3 is 0 Å². The van der Waals surface area contributed by atoms with Crippen molar-refractivity contribution >= 4 is 0 Å². The highest BCUT2D eigenvalue weighted by molar-refractivity contribution is 4.76. The summed E-state index contributed by atoms with van der Waals surface area (Å²) in [6.07, 6.45) is 0. The van der Waals surface area contributed by atoms with Crippen LogP contribution in [-0.2, 0) is 4.74 Å². The highest BCUT2D eigenvalue weighted by Gasteiger charge is 2.25. The lowest BCUT2D eigenvalue weighted by Crippen LogP contribution is -2.49. The summed E-state index contributed by atoms with van der Waals surface area (Å²) in [7, 11) is 2.21. The van der Waals surface area contributed by atoms with Crippen molar-refractivity contribution in [2.45, 2.75) is 6.92 Å². The minimum atomic E-state index is 0.878. The van der Waals surface area contributed by atoms with Gasteiger partial charge in [0.2, 0.25) is 0 Å². The van der Waals surface area contributed by atoms with Gasteiger partial charge in [0.25, 0.3) is 0 Å². The van der Waals surface area contributed by atoms with Crippen molar-refractivity contribution in [2.24, 2.45) is 0 Å². The van der Waals surface area contributed by atoms with E-state index in [0.717, 1.165) is 30.8 Å². The lowest BCUT2D eigenvalue weighted by molar-refractivity contribution is -0.880. The van der Waals surface area contributed by atoms with E-state index in [9.17, 15) is 0 Å². The van der Waals surface area contributed by atoms with Gasteiger partial charge in [-0.3, -0.25) is 4.48 Å². The molecular formula is C8H16NO+. The first-order valence-corrected chi connectivity index (χ1v) is 3.73. The first-order chi connectivity index (χ1) is 4.65. The molecular weight excluding hydrogens is 126 g/mol. The molecule has 58 valence electrons. The highest BCUT2D eigenvalue weighted by atomic mass is 16.5. The summed E-state index contributed by atoms with van der Waals surface area (Å²) in [5.74, 6) is 0. The van der Waals surface area contributed by atoms with E-state index in [1.54, 1.807) is 0 Å². The smallest absolute Gasteiger partial charge is 0.107 e. The Labute approximate surface area is 62.7 Å². The van der Waals surface area contributed by atoms with Crippen LogP contribution in [0.4, 0.5) is 0 Å². The van der Waals surface area contributed by atoms with E-state index >= 15 is 0 Å². The predicted molar refractivity (Wildman–Crippen MR) is 41.6 cm³/mol. The van der Waals surface area contributed by atoms with Crippen molar-refractivity contribution < 1.29 is 9.22 Å². The molecule has 0 saturated carbocycles. The van der Waals surface area contributed by atoms with Gasteiger partial charge in [0.05, 0.1) is 26.0 Å². The monoisotopic (exact) mass is 142 g/mol. The number of morpholine rings is 1. The average molecular weight is 142 g/mol. The number of nitrogens with zero attached hydrogens (tertiary/aromatic N) is 1. The molecule has 1 aliphatic rings. The molecule has 10 heavy (non-hydrogen) atoms. The third kappa shape index (κ3) is 1.39. The molecule has 1 rings (SSSR count). The molecule has 2 nitrogen and oxygen atoms in total. The second-order valence-corrected chi connectivity index (χ2v) is 3.19. The molecule has 0 unspecified atom stereocenters. The third-order valence-electron chi connectivity index (χ3n) is 2.38. The Hall–Kier alpha value is -0.340. The summed E-state index contributed by atoms with van der Waals surface area (Å²) in [5.41, 5.74) is 1.24. The Morgan fingerprint density at radius 1 is 1.40 bits per heavy atom. The van der Waals surface area contributed by atoms with Crippen LogP contribution in [0.25, 0.3) is 0 Å². The molecule has 0 N–H and O–H groups in total. The van der Waals surface area contributed by atoms with Gasteiger partial charge in [-0.05, 0) is 6.58 Å². The molecule has 0 aromatic carbocycles. The van der Waals surface area contributed by atoms with Gasteiger partial charge in [0.15, 0.2) is 0 Å². The zero-order chi connectivity index (χ0) is 7.61. The summed E-state index contributed by atoms with van der Waals surface area (Å²) >= 11 is 0. The van der Waals surface area contributed by atoms with Crippen LogP contribution < -0.4 is 0 Å². The second kappa shape index (κ2) is 2.72. The standard InChI is InChI=1S/C8H16NO/c1-8(2)9(3)4-6-10-7-5-9/h1,4-7H2,2-3H3/q+1. The average Bonchev–Trinajstić information content (AvgIpc) is 1.89. The van der Waals surface area contributed by atoms with Gasteiger partial charge in [-0.15, -0.1) is 0 Å². The van der Waals surface area contributed by atoms with Gasteiger partial charge in [-0.25, -0.2) is 0 Å². The maximum absolute atomic E-state index is 5.26. The minimum Gasteiger partial charge on any atom is -0.370 e. The molecule has 0 bridgehead atoms. The SMILES string of the molecule is C=C(C)[N+]1(C)CCOCC1. The van der Waals surface area contributed by atoms with Crippen molar-refractivity contribution in [1.29, 1.82) is 0 Å². The predicted octanol–water partition coefficient (Wildman–Crippen LogP) is 0.997. The van der Waals surface area contributed by atoms with E-state index < -0.39 is 0 Å².